The molecule has 0 aromatic heterocycles. The highest BCUT2D eigenvalue weighted by Crippen LogP contribution is 2.32. The van der Waals surface area contributed by atoms with Crippen molar-refractivity contribution in [1.82, 2.24) is 0 Å². The van der Waals surface area contributed by atoms with Gasteiger partial charge in [0, 0.05) is 0 Å². The van der Waals surface area contributed by atoms with Crippen LogP contribution in [0.25, 0.3) is 0 Å². The molecule has 116 valence electrons. The third kappa shape index (κ3) is 4.54. The Morgan fingerprint density at radius 2 is 1.73 bits per heavy atom. The number of hydrogen-bond acceptors (Lipinski definition) is 1. The number of guanidine groups is 1. The Balaban J connectivity index is 2.08. The summed E-state index contributed by atoms with van der Waals surface area (Å²) in [6.07, 6.45) is 0.990. The fourth-order valence-electron chi connectivity index (χ4n) is 1.92. The van der Waals surface area contributed by atoms with E-state index in [0.717, 1.165) is 12.0 Å². The molecule has 0 spiro atoms. The lowest BCUT2D eigenvalue weighted by Crippen LogP contribution is -2.22. The van der Waals surface area contributed by atoms with Gasteiger partial charge in [0.15, 0.2) is 5.96 Å². The predicted octanol–water partition coefficient (Wildman–Crippen LogP) is 5.14. The molecule has 0 atom stereocenters. The van der Waals surface area contributed by atoms with Gasteiger partial charge < -0.3 is 11.1 Å². The quantitative estimate of drug-likeness (QED) is 0.453. The average molecular weight is 357 g/mol. The summed E-state index contributed by atoms with van der Waals surface area (Å²) in [5, 5.41) is 4.15. The summed E-state index contributed by atoms with van der Waals surface area (Å²) in [5.41, 5.74) is 8.83. The van der Waals surface area contributed by atoms with Crippen LogP contribution < -0.4 is 11.1 Å². The van der Waals surface area contributed by atoms with E-state index in [1.807, 2.05) is 12.1 Å². The molecule has 2 rings (SSSR count). The van der Waals surface area contributed by atoms with Crippen LogP contribution in [0.3, 0.4) is 0 Å². The monoisotopic (exact) mass is 355 g/mol. The number of halogens is 3. The van der Waals surface area contributed by atoms with Gasteiger partial charge >= 0.3 is 0 Å². The molecule has 0 amide bonds. The summed E-state index contributed by atoms with van der Waals surface area (Å²) in [6, 6.07) is 11.4. The number of rotatable bonds is 4. The van der Waals surface area contributed by atoms with Crippen LogP contribution in [-0.2, 0) is 13.0 Å². The lowest BCUT2D eigenvalue weighted by atomic mass is 10.1. The van der Waals surface area contributed by atoms with Crippen molar-refractivity contribution in [3.63, 3.8) is 0 Å². The maximum atomic E-state index is 6.09. The number of aliphatic imine (C=N–C) groups is 1. The summed E-state index contributed by atoms with van der Waals surface area (Å²) >= 11 is 17.9. The Morgan fingerprint density at radius 3 is 2.45 bits per heavy atom. The molecule has 0 radical (unpaired) electrons. The van der Waals surface area contributed by atoms with Gasteiger partial charge in [0.25, 0.3) is 0 Å². The van der Waals surface area contributed by atoms with Crippen molar-refractivity contribution < 1.29 is 0 Å². The fourth-order valence-corrected chi connectivity index (χ4v) is 2.51. The van der Waals surface area contributed by atoms with Crippen LogP contribution in [-0.4, -0.2) is 5.96 Å². The number of nitrogens with two attached hydrogens (primary N) is 1. The predicted molar refractivity (Wildman–Crippen MR) is 96.2 cm³/mol. The second-order valence-electron chi connectivity index (χ2n) is 4.75. The first-order valence-electron chi connectivity index (χ1n) is 6.79. The van der Waals surface area contributed by atoms with E-state index < -0.39 is 0 Å². The van der Waals surface area contributed by atoms with Crippen LogP contribution in [0.1, 0.15) is 18.1 Å². The minimum Gasteiger partial charge on any atom is -0.370 e. The number of nitrogens with zero attached hydrogens (tertiary/aromatic N) is 1. The molecule has 0 aliphatic carbocycles. The van der Waals surface area contributed by atoms with Crippen LogP contribution in [0.4, 0.5) is 5.69 Å². The number of anilines is 1. The zero-order valence-corrected chi connectivity index (χ0v) is 14.3. The molecule has 0 fully saturated rings. The normalized spacial score (nSPS) is 11.5. The van der Waals surface area contributed by atoms with Gasteiger partial charge in [-0.25, -0.2) is 4.99 Å². The van der Waals surface area contributed by atoms with Crippen molar-refractivity contribution in [1.29, 1.82) is 0 Å². The summed E-state index contributed by atoms with van der Waals surface area (Å²) in [7, 11) is 0. The van der Waals surface area contributed by atoms with Gasteiger partial charge in [-0.3, -0.25) is 0 Å². The summed E-state index contributed by atoms with van der Waals surface area (Å²) in [4.78, 5) is 4.31. The molecule has 6 heteroatoms. The first-order valence-corrected chi connectivity index (χ1v) is 7.92. The lowest BCUT2D eigenvalue weighted by Gasteiger charge is -2.09. The highest BCUT2D eigenvalue weighted by atomic mass is 35.5. The van der Waals surface area contributed by atoms with Crippen molar-refractivity contribution in [3.8, 4) is 0 Å². The van der Waals surface area contributed by atoms with Gasteiger partial charge in [-0.1, -0.05) is 66.0 Å². The van der Waals surface area contributed by atoms with E-state index in [9.17, 15) is 0 Å². The smallest absolute Gasteiger partial charge is 0.193 e. The molecule has 22 heavy (non-hydrogen) atoms. The van der Waals surface area contributed by atoms with Gasteiger partial charge in [-0.15, -0.1) is 0 Å². The fraction of sp³-hybridized carbons (Fsp3) is 0.188. The van der Waals surface area contributed by atoms with Gasteiger partial charge in [0.05, 0.1) is 27.3 Å². The first-order chi connectivity index (χ1) is 10.5. The van der Waals surface area contributed by atoms with Gasteiger partial charge in [0.1, 0.15) is 0 Å². The van der Waals surface area contributed by atoms with E-state index >= 15 is 0 Å². The second kappa shape index (κ2) is 7.73. The number of aryl methyl sites for hydroxylation is 1. The third-order valence-corrected chi connectivity index (χ3v) is 4.14. The molecular formula is C16H16Cl3N3. The topological polar surface area (TPSA) is 50.4 Å². The summed E-state index contributed by atoms with van der Waals surface area (Å²) in [6.45, 7) is 2.61. The standard InChI is InChI=1S/C16H16Cl3N3/c1-2-10-4-3-5-11(6-10)9-21-16(20)22-15-8-13(18)12(17)7-14(15)19/h3-8H,2,9H2,1H3,(H3,20,21,22). The molecule has 0 bridgehead atoms. The van der Waals surface area contributed by atoms with E-state index in [1.54, 1.807) is 12.1 Å². The summed E-state index contributed by atoms with van der Waals surface area (Å²) in [5.74, 6) is 0.266. The SMILES string of the molecule is CCc1cccc(CN=C(N)Nc2cc(Cl)c(Cl)cc2Cl)c1. The molecule has 2 aromatic rings. The zero-order valence-electron chi connectivity index (χ0n) is 12.0. The Hall–Kier alpha value is -1.42. The highest BCUT2D eigenvalue weighted by molar-refractivity contribution is 6.44. The Kier molecular flexibility index (Phi) is 5.95. The molecule has 3 nitrogen and oxygen atoms in total. The molecule has 2 aromatic carbocycles. The van der Waals surface area contributed by atoms with E-state index in [1.165, 1.54) is 5.56 Å². The maximum absolute atomic E-state index is 6.09. The molecule has 0 saturated carbocycles. The first kappa shape index (κ1) is 16.9. The van der Waals surface area contributed by atoms with Crippen LogP contribution in [0.5, 0.6) is 0 Å². The van der Waals surface area contributed by atoms with Crippen molar-refractivity contribution in [2.24, 2.45) is 10.7 Å². The highest BCUT2D eigenvalue weighted by Gasteiger charge is 2.06. The van der Waals surface area contributed by atoms with Crippen LogP contribution in [0, 0.1) is 0 Å². The molecule has 0 heterocycles. The zero-order chi connectivity index (χ0) is 16.1. The van der Waals surface area contributed by atoms with E-state index in [4.69, 9.17) is 40.5 Å². The van der Waals surface area contributed by atoms with E-state index in [0.29, 0.717) is 27.3 Å². The van der Waals surface area contributed by atoms with Crippen molar-refractivity contribution in [2.45, 2.75) is 19.9 Å². The Bertz CT molecular complexity index is 699. The van der Waals surface area contributed by atoms with Crippen LogP contribution in [0.2, 0.25) is 15.1 Å². The molecule has 0 saturated heterocycles. The largest absolute Gasteiger partial charge is 0.370 e. The van der Waals surface area contributed by atoms with Gasteiger partial charge in [-0.05, 0) is 29.7 Å². The van der Waals surface area contributed by atoms with Gasteiger partial charge in [0.2, 0.25) is 0 Å². The van der Waals surface area contributed by atoms with Crippen molar-refractivity contribution in [3.05, 3.63) is 62.6 Å². The lowest BCUT2D eigenvalue weighted by molar-refractivity contribution is 1.04. The number of nitrogens with one attached hydrogen (secondary N) is 1. The minimum atomic E-state index is 0.266. The molecule has 0 unspecified atom stereocenters. The van der Waals surface area contributed by atoms with Gasteiger partial charge in [-0.2, -0.15) is 0 Å². The third-order valence-electron chi connectivity index (χ3n) is 3.10. The summed E-state index contributed by atoms with van der Waals surface area (Å²) < 4.78 is 0. The Morgan fingerprint density at radius 1 is 1.05 bits per heavy atom. The average Bonchev–Trinajstić information content (AvgIpc) is 2.51. The van der Waals surface area contributed by atoms with E-state index in [-0.39, 0.29) is 5.96 Å². The number of hydrogen-bond donors (Lipinski definition) is 2. The second-order valence-corrected chi connectivity index (χ2v) is 5.97. The Labute approximate surface area is 145 Å². The van der Waals surface area contributed by atoms with Crippen molar-refractivity contribution in [2.75, 3.05) is 5.32 Å². The molecule has 3 N–H and O–H groups in total. The molecular weight excluding hydrogens is 341 g/mol. The van der Waals surface area contributed by atoms with Crippen LogP contribution in [0.15, 0.2) is 41.4 Å². The van der Waals surface area contributed by atoms with Crippen molar-refractivity contribution >= 4 is 46.4 Å². The maximum Gasteiger partial charge on any atom is 0.193 e. The molecule has 0 aliphatic heterocycles. The van der Waals surface area contributed by atoms with E-state index in [2.05, 4.69) is 29.4 Å². The minimum absolute atomic E-state index is 0.266. The number of benzene rings is 2. The van der Waals surface area contributed by atoms with Crippen LogP contribution >= 0.6 is 34.8 Å². The molecule has 0 aliphatic rings.